The van der Waals surface area contributed by atoms with E-state index in [9.17, 15) is 0 Å². The van der Waals surface area contributed by atoms with Gasteiger partial charge in [0.2, 0.25) is 0 Å². The molecule has 0 aliphatic carbocycles. The van der Waals surface area contributed by atoms with Crippen molar-refractivity contribution in [2.75, 3.05) is 39.3 Å². The molecule has 0 radical (unpaired) electrons. The van der Waals surface area contributed by atoms with E-state index >= 15 is 0 Å². The van der Waals surface area contributed by atoms with Gasteiger partial charge in [-0.05, 0) is 12.0 Å². The first-order chi connectivity index (χ1) is 8.88. The molecule has 0 unspecified atom stereocenters. The summed E-state index contributed by atoms with van der Waals surface area (Å²) in [4.78, 5) is 9.60. The first-order valence-electron chi connectivity index (χ1n) is 6.69. The Labute approximate surface area is 146 Å². The van der Waals surface area contributed by atoms with Crippen molar-refractivity contribution in [1.82, 2.24) is 9.80 Å². The molecular formula is C14H26Cl3N3O. The quantitative estimate of drug-likeness (QED) is 0.626. The summed E-state index contributed by atoms with van der Waals surface area (Å²) in [5, 5.41) is 0. The molecule has 2 rings (SSSR count). The van der Waals surface area contributed by atoms with Gasteiger partial charge in [0.15, 0.2) is 0 Å². The number of hydrogen-bond donors (Lipinski definition) is 1. The number of halogens is 3. The second-order valence-corrected chi connectivity index (χ2v) is 4.83. The Hall–Kier alpha value is -0.0700. The molecule has 1 aliphatic heterocycles. The highest BCUT2D eigenvalue weighted by Gasteiger charge is 2.16. The predicted octanol–water partition coefficient (Wildman–Crippen LogP) is 2.35. The lowest BCUT2D eigenvalue weighted by atomic mass is 10.2. The molecule has 1 aliphatic rings. The Bertz CT molecular complexity index is 335. The van der Waals surface area contributed by atoms with Gasteiger partial charge in [-0.1, -0.05) is 30.3 Å². The molecular weight excluding hydrogens is 333 g/mol. The third-order valence-corrected chi connectivity index (χ3v) is 3.45. The zero-order valence-electron chi connectivity index (χ0n) is 12.1. The van der Waals surface area contributed by atoms with E-state index in [1.165, 1.54) is 5.56 Å². The maximum Gasteiger partial charge on any atom is 0.0691 e. The van der Waals surface area contributed by atoms with Gasteiger partial charge < -0.3 is 9.74 Å². The number of nitrogens with two attached hydrogens (primary N) is 1. The maximum atomic E-state index is 5.03. The number of rotatable bonds is 6. The van der Waals surface area contributed by atoms with Crippen molar-refractivity contribution in [1.29, 1.82) is 0 Å². The molecule has 124 valence electrons. The van der Waals surface area contributed by atoms with E-state index in [0.29, 0.717) is 6.61 Å². The number of benzene rings is 1. The van der Waals surface area contributed by atoms with Crippen LogP contribution in [0.15, 0.2) is 30.3 Å². The fourth-order valence-corrected chi connectivity index (χ4v) is 2.38. The lowest BCUT2D eigenvalue weighted by Crippen LogP contribution is -2.46. The molecule has 1 aromatic rings. The number of piperazine rings is 1. The van der Waals surface area contributed by atoms with Crippen LogP contribution in [-0.4, -0.2) is 49.1 Å². The summed E-state index contributed by atoms with van der Waals surface area (Å²) in [7, 11) is 0. The average Bonchev–Trinajstić information content (AvgIpc) is 2.42. The number of hydrogen-bond acceptors (Lipinski definition) is 4. The van der Waals surface area contributed by atoms with Crippen LogP contribution in [0.3, 0.4) is 0 Å². The van der Waals surface area contributed by atoms with Gasteiger partial charge in [-0.3, -0.25) is 4.90 Å². The van der Waals surface area contributed by atoms with Gasteiger partial charge >= 0.3 is 0 Å². The lowest BCUT2D eigenvalue weighted by molar-refractivity contribution is 0.0977. The van der Waals surface area contributed by atoms with Gasteiger partial charge in [0, 0.05) is 39.3 Å². The normalized spacial score (nSPS) is 15.5. The molecule has 0 bridgehead atoms. The molecule has 7 heteroatoms. The van der Waals surface area contributed by atoms with E-state index in [0.717, 1.165) is 45.7 Å². The summed E-state index contributed by atoms with van der Waals surface area (Å²) in [6.07, 6.45) is 1.02. The van der Waals surface area contributed by atoms with E-state index in [4.69, 9.17) is 5.90 Å². The Morgan fingerprint density at radius 1 is 0.905 bits per heavy atom. The van der Waals surface area contributed by atoms with Crippen LogP contribution in [0.25, 0.3) is 0 Å². The fraction of sp³-hybridized carbons (Fsp3) is 0.571. The van der Waals surface area contributed by atoms with Crippen molar-refractivity contribution in [3.8, 4) is 0 Å². The molecule has 1 fully saturated rings. The van der Waals surface area contributed by atoms with E-state index < -0.39 is 0 Å². The molecule has 4 nitrogen and oxygen atoms in total. The third kappa shape index (κ3) is 8.83. The molecule has 1 saturated heterocycles. The summed E-state index contributed by atoms with van der Waals surface area (Å²) in [5.74, 6) is 5.03. The highest BCUT2D eigenvalue weighted by atomic mass is 35.5. The van der Waals surface area contributed by atoms with Crippen molar-refractivity contribution >= 4 is 37.2 Å². The van der Waals surface area contributed by atoms with Gasteiger partial charge in [-0.2, -0.15) is 0 Å². The van der Waals surface area contributed by atoms with Crippen LogP contribution < -0.4 is 5.90 Å². The van der Waals surface area contributed by atoms with Gasteiger partial charge in [-0.25, -0.2) is 5.90 Å². The van der Waals surface area contributed by atoms with Crippen LogP contribution in [0.2, 0.25) is 0 Å². The Morgan fingerprint density at radius 2 is 1.48 bits per heavy atom. The molecule has 0 spiro atoms. The second kappa shape index (κ2) is 13.6. The van der Waals surface area contributed by atoms with Gasteiger partial charge in [-0.15, -0.1) is 37.2 Å². The highest BCUT2D eigenvalue weighted by molar-refractivity contribution is 5.86. The van der Waals surface area contributed by atoms with E-state index in [-0.39, 0.29) is 37.2 Å². The van der Waals surface area contributed by atoms with Crippen LogP contribution >= 0.6 is 37.2 Å². The summed E-state index contributed by atoms with van der Waals surface area (Å²) in [6.45, 7) is 7.42. The van der Waals surface area contributed by atoms with E-state index in [2.05, 4.69) is 45.0 Å². The van der Waals surface area contributed by atoms with Crippen LogP contribution in [-0.2, 0) is 11.4 Å². The summed E-state index contributed by atoms with van der Waals surface area (Å²) in [5.41, 5.74) is 1.41. The van der Waals surface area contributed by atoms with Crippen molar-refractivity contribution < 1.29 is 4.84 Å². The maximum absolute atomic E-state index is 5.03. The van der Waals surface area contributed by atoms with Gasteiger partial charge in [0.1, 0.15) is 0 Å². The molecule has 0 atom stereocenters. The van der Waals surface area contributed by atoms with Crippen molar-refractivity contribution in [2.45, 2.75) is 13.0 Å². The highest BCUT2D eigenvalue weighted by Crippen LogP contribution is 2.08. The molecule has 1 heterocycles. The third-order valence-electron chi connectivity index (χ3n) is 3.45. The first kappa shape index (κ1) is 23.2. The van der Waals surface area contributed by atoms with E-state index in [1.807, 2.05) is 0 Å². The molecule has 2 N–H and O–H groups in total. The zero-order chi connectivity index (χ0) is 12.6. The Balaban J connectivity index is 0. The van der Waals surface area contributed by atoms with Crippen molar-refractivity contribution in [3.05, 3.63) is 35.9 Å². The minimum atomic E-state index is 0. The summed E-state index contributed by atoms with van der Waals surface area (Å²) < 4.78 is 0. The van der Waals surface area contributed by atoms with Crippen molar-refractivity contribution in [3.63, 3.8) is 0 Å². The fourth-order valence-electron chi connectivity index (χ4n) is 2.38. The monoisotopic (exact) mass is 357 g/mol. The Kier molecular flexibility index (Phi) is 15.0. The zero-order valence-corrected chi connectivity index (χ0v) is 14.6. The second-order valence-electron chi connectivity index (χ2n) is 4.83. The molecule has 1 aromatic carbocycles. The number of nitrogens with zero attached hydrogens (tertiary/aromatic N) is 2. The largest absolute Gasteiger partial charge is 0.305 e. The Morgan fingerprint density at radius 3 is 2.05 bits per heavy atom. The van der Waals surface area contributed by atoms with E-state index in [1.54, 1.807) is 0 Å². The van der Waals surface area contributed by atoms with Crippen molar-refractivity contribution in [2.24, 2.45) is 5.90 Å². The predicted molar refractivity (Wildman–Crippen MR) is 94.7 cm³/mol. The molecule has 0 aromatic heterocycles. The SMILES string of the molecule is Cl.Cl.Cl.NOCCCN1CCN(Cc2ccccc2)CC1. The molecule has 21 heavy (non-hydrogen) atoms. The molecule has 0 saturated carbocycles. The molecule has 0 amide bonds. The van der Waals surface area contributed by atoms with Gasteiger partial charge in [0.05, 0.1) is 6.61 Å². The lowest BCUT2D eigenvalue weighted by Gasteiger charge is -2.34. The standard InChI is InChI=1S/C14H23N3O.3ClH/c15-18-12-4-7-16-8-10-17(11-9-16)13-14-5-2-1-3-6-14;;;/h1-3,5-6H,4,7-13,15H2;3*1H. The van der Waals surface area contributed by atoms with Gasteiger partial charge in [0.25, 0.3) is 0 Å². The summed E-state index contributed by atoms with van der Waals surface area (Å²) >= 11 is 0. The first-order valence-corrected chi connectivity index (χ1v) is 6.69. The average molecular weight is 359 g/mol. The topological polar surface area (TPSA) is 41.7 Å². The summed E-state index contributed by atoms with van der Waals surface area (Å²) in [6, 6.07) is 10.7. The minimum Gasteiger partial charge on any atom is -0.305 e. The van der Waals surface area contributed by atoms with Crippen LogP contribution in [0.4, 0.5) is 0 Å². The van der Waals surface area contributed by atoms with Crippen LogP contribution in [0.5, 0.6) is 0 Å². The van der Waals surface area contributed by atoms with Crippen LogP contribution in [0, 0.1) is 0 Å². The minimum absolute atomic E-state index is 0. The smallest absolute Gasteiger partial charge is 0.0691 e. The van der Waals surface area contributed by atoms with Crippen LogP contribution in [0.1, 0.15) is 12.0 Å².